The molecular weight excluding hydrogens is 336 g/mol. The van der Waals surface area contributed by atoms with Crippen LogP contribution < -0.4 is 5.73 Å². The Hall–Kier alpha value is -1.60. The van der Waals surface area contributed by atoms with E-state index >= 15 is 0 Å². The van der Waals surface area contributed by atoms with Gasteiger partial charge in [-0.2, -0.15) is 4.31 Å². The van der Waals surface area contributed by atoms with Gasteiger partial charge in [-0.15, -0.1) is 0 Å². The van der Waals surface area contributed by atoms with E-state index in [1.54, 1.807) is 22.5 Å². The first-order chi connectivity index (χ1) is 12.1. The number of rotatable bonds is 4. The molecule has 2 heterocycles. The van der Waals surface area contributed by atoms with Crippen molar-refractivity contribution < 1.29 is 8.42 Å². The van der Waals surface area contributed by atoms with E-state index < -0.39 is 10.0 Å². The normalized spacial score (nSPS) is 20.6. The SMILES string of the molecule is NC(=NCc1cccc(S(=O)(=O)N2CCCCC2)c1)N1CCCCC1. The molecule has 0 aromatic heterocycles. The number of piperidine rings is 2. The highest BCUT2D eigenvalue weighted by Gasteiger charge is 2.25. The van der Waals surface area contributed by atoms with E-state index in [4.69, 9.17) is 5.73 Å². The van der Waals surface area contributed by atoms with Crippen LogP contribution in [0.2, 0.25) is 0 Å². The fourth-order valence-electron chi connectivity index (χ4n) is 3.45. The van der Waals surface area contributed by atoms with E-state index in [-0.39, 0.29) is 0 Å². The van der Waals surface area contributed by atoms with Crippen molar-refractivity contribution in [3.05, 3.63) is 29.8 Å². The van der Waals surface area contributed by atoms with Crippen LogP contribution in [0, 0.1) is 0 Å². The minimum Gasteiger partial charge on any atom is -0.370 e. The number of aliphatic imine (C=N–C) groups is 1. The molecule has 2 fully saturated rings. The molecule has 0 amide bonds. The van der Waals surface area contributed by atoms with Crippen LogP contribution in [0.5, 0.6) is 0 Å². The number of guanidine groups is 1. The molecule has 2 aliphatic rings. The molecule has 7 heteroatoms. The van der Waals surface area contributed by atoms with Gasteiger partial charge in [0.25, 0.3) is 0 Å². The molecule has 6 nitrogen and oxygen atoms in total. The zero-order valence-corrected chi connectivity index (χ0v) is 15.5. The number of nitrogens with two attached hydrogens (primary N) is 1. The van der Waals surface area contributed by atoms with Crippen molar-refractivity contribution in [2.75, 3.05) is 26.2 Å². The maximum atomic E-state index is 12.8. The van der Waals surface area contributed by atoms with Gasteiger partial charge in [0.2, 0.25) is 10.0 Å². The summed E-state index contributed by atoms with van der Waals surface area (Å²) in [6, 6.07) is 7.10. The molecule has 2 saturated heterocycles. The average molecular weight is 365 g/mol. The van der Waals surface area contributed by atoms with Gasteiger partial charge in [-0.25, -0.2) is 13.4 Å². The Labute approximate surface area is 150 Å². The largest absolute Gasteiger partial charge is 0.370 e. The first kappa shape index (κ1) is 18.2. The lowest BCUT2D eigenvalue weighted by Crippen LogP contribution is -2.40. The van der Waals surface area contributed by atoms with E-state index in [9.17, 15) is 8.42 Å². The quantitative estimate of drug-likeness (QED) is 0.656. The maximum absolute atomic E-state index is 12.8. The third-order valence-electron chi connectivity index (χ3n) is 4.95. The lowest BCUT2D eigenvalue weighted by molar-refractivity contribution is 0.338. The summed E-state index contributed by atoms with van der Waals surface area (Å²) in [6.45, 7) is 3.56. The van der Waals surface area contributed by atoms with Crippen molar-refractivity contribution in [2.45, 2.75) is 50.0 Å². The Balaban J connectivity index is 1.70. The summed E-state index contributed by atoms with van der Waals surface area (Å²) in [5, 5.41) is 0. The van der Waals surface area contributed by atoms with Crippen molar-refractivity contribution in [1.29, 1.82) is 0 Å². The molecule has 138 valence electrons. The van der Waals surface area contributed by atoms with Gasteiger partial charge in [0.1, 0.15) is 0 Å². The zero-order valence-electron chi connectivity index (χ0n) is 14.7. The summed E-state index contributed by atoms with van der Waals surface area (Å²) in [7, 11) is -3.40. The molecular formula is C18H28N4O2S. The lowest BCUT2D eigenvalue weighted by Gasteiger charge is -2.27. The van der Waals surface area contributed by atoms with Crippen molar-refractivity contribution >= 4 is 16.0 Å². The van der Waals surface area contributed by atoms with E-state index in [0.29, 0.717) is 30.5 Å². The van der Waals surface area contributed by atoms with Gasteiger partial charge in [-0.3, -0.25) is 0 Å². The predicted octanol–water partition coefficient (Wildman–Crippen LogP) is 2.16. The second-order valence-corrected chi connectivity index (χ2v) is 8.77. The van der Waals surface area contributed by atoms with Gasteiger partial charge >= 0.3 is 0 Å². The number of likely N-dealkylation sites (tertiary alicyclic amines) is 1. The summed E-state index contributed by atoms with van der Waals surface area (Å²) >= 11 is 0. The molecule has 0 radical (unpaired) electrons. The molecule has 0 atom stereocenters. The fourth-order valence-corrected chi connectivity index (χ4v) is 5.04. The van der Waals surface area contributed by atoms with E-state index in [2.05, 4.69) is 9.89 Å². The van der Waals surface area contributed by atoms with E-state index in [0.717, 1.165) is 50.8 Å². The summed E-state index contributed by atoms with van der Waals surface area (Å²) in [5.74, 6) is 0.559. The minimum absolute atomic E-state index is 0.360. The molecule has 0 unspecified atom stereocenters. The second kappa shape index (κ2) is 8.19. The van der Waals surface area contributed by atoms with Crippen LogP contribution >= 0.6 is 0 Å². The number of hydrogen-bond donors (Lipinski definition) is 1. The third-order valence-corrected chi connectivity index (χ3v) is 6.85. The highest BCUT2D eigenvalue weighted by molar-refractivity contribution is 7.89. The Kier molecular flexibility index (Phi) is 5.96. The summed E-state index contributed by atoms with van der Waals surface area (Å²) in [6.07, 6.45) is 6.54. The molecule has 3 rings (SSSR count). The van der Waals surface area contributed by atoms with Gasteiger partial charge in [0, 0.05) is 26.2 Å². The summed E-state index contributed by atoms with van der Waals surface area (Å²) < 4.78 is 27.2. The molecule has 0 bridgehead atoms. The Morgan fingerprint density at radius 3 is 2.32 bits per heavy atom. The zero-order chi connectivity index (χ0) is 17.7. The predicted molar refractivity (Wildman–Crippen MR) is 99.8 cm³/mol. The molecule has 0 saturated carbocycles. The number of sulfonamides is 1. The van der Waals surface area contributed by atoms with Crippen LogP contribution in [0.4, 0.5) is 0 Å². The molecule has 2 N–H and O–H groups in total. The van der Waals surface area contributed by atoms with Crippen molar-refractivity contribution in [2.24, 2.45) is 10.7 Å². The topological polar surface area (TPSA) is 79.0 Å². The molecule has 25 heavy (non-hydrogen) atoms. The highest BCUT2D eigenvalue weighted by atomic mass is 32.2. The van der Waals surface area contributed by atoms with Crippen LogP contribution in [0.15, 0.2) is 34.2 Å². The third kappa shape index (κ3) is 4.52. The number of nitrogens with zero attached hydrogens (tertiary/aromatic N) is 3. The molecule has 0 spiro atoms. The monoisotopic (exact) mass is 364 g/mol. The van der Waals surface area contributed by atoms with Crippen LogP contribution in [0.25, 0.3) is 0 Å². The molecule has 1 aromatic carbocycles. The first-order valence-corrected chi connectivity index (χ1v) is 10.7. The smallest absolute Gasteiger partial charge is 0.243 e. The molecule has 2 aliphatic heterocycles. The average Bonchev–Trinajstić information content (AvgIpc) is 2.67. The Bertz CT molecular complexity index is 706. The van der Waals surface area contributed by atoms with Crippen LogP contribution in [-0.2, 0) is 16.6 Å². The van der Waals surface area contributed by atoms with E-state index in [1.807, 2.05) is 6.07 Å². The Morgan fingerprint density at radius 2 is 1.64 bits per heavy atom. The highest BCUT2D eigenvalue weighted by Crippen LogP contribution is 2.21. The minimum atomic E-state index is -3.40. The maximum Gasteiger partial charge on any atom is 0.243 e. The van der Waals surface area contributed by atoms with Crippen LogP contribution in [0.3, 0.4) is 0 Å². The fraction of sp³-hybridized carbons (Fsp3) is 0.611. The van der Waals surface area contributed by atoms with Crippen molar-refractivity contribution in [3.63, 3.8) is 0 Å². The molecule has 0 aliphatic carbocycles. The number of benzene rings is 1. The van der Waals surface area contributed by atoms with Gasteiger partial charge in [0.15, 0.2) is 5.96 Å². The van der Waals surface area contributed by atoms with Gasteiger partial charge < -0.3 is 10.6 Å². The summed E-state index contributed by atoms with van der Waals surface area (Å²) in [5.41, 5.74) is 6.96. The van der Waals surface area contributed by atoms with E-state index in [1.165, 1.54) is 6.42 Å². The second-order valence-electron chi connectivity index (χ2n) is 6.83. The van der Waals surface area contributed by atoms with Crippen molar-refractivity contribution in [3.8, 4) is 0 Å². The number of hydrogen-bond acceptors (Lipinski definition) is 3. The van der Waals surface area contributed by atoms with Gasteiger partial charge in [-0.1, -0.05) is 18.6 Å². The van der Waals surface area contributed by atoms with Crippen molar-refractivity contribution in [1.82, 2.24) is 9.21 Å². The Morgan fingerprint density at radius 1 is 1.00 bits per heavy atom. The lowest BCUT2D eigenvalue weighted by atomic mass is 10.1. The van der Waals surface area contributed by atoms with Gasteiger partial charge in [-0.05, 0) is 49.8 Å². The molecule has 1 aromatic rings. The van der Waals surface area contributed by atoms with Crippen LogP contribution in [0.1, 0.15) is 44.1 Å². The standard InChI is InChI=1S/C18H28N4O2S/c19-18(21-10-3-1-4-11-21)20-15-16-8-7-9-17(14-16)25(23,24)22-12-5-2-6-13-22/h7-9,14H,1-6,10-13,15H2,(H2,19,20). The summed E-state index contributed by atoms with van der Waals surface area (Å²) in [4.78, 5) is 6.93. The first-order valence-electron chi connectivity index (χ1n) is 9.21. The van der Waals surface area contributed by atoms with Gasteiger partial charge in [0.05, 0.1) is 11.4 Å². The van der Waals surface area contributed by atoms with Crippen LogP contribution in [-0.4, -0.2) is 49.8 Å².